The molecule has 0 aliphatic heterocycles. The third-order valence-corrected chi connectivity index (χ3v) is 4.97. The SMILES string of the molecule is C[C@](O)(CO)CCCSc1nc2ccccc2s1. The van der Waals surface area contributed by atoms with Gasteiger partial charge in [0.1, 0.15) is 0 Å². The first-order valence-electron chi connectivity index (χ1n) is 5.92. The Labute approximate surface area is 115 Å². The van der Waals surface area contributed by atoms with Crippen molar-refractivity contribution in [3.05, 3.63) is 24.3 Å². The summed E-state index contributed by atoms with van der Waals surface area (Å²) in [4.78, 5) is 4.54. The molecular formula is C13H17NO2S2. The summed E-state index contributed by atoms with van der Waals surface area (Å²) >= 11 is 3.41. The number of aliphatic hydroxyl groups excluding tert-OH is 1. The third-order valence-electron chi connectivity index (χ3n) is 2.70. The molecule has 0 saturated heterocycles. The molecule has 1 atom stereocenters. The van der Waals surface area contributed by atoms with E-state index in [1.165, 1.54) is 4.70 Å². The number of aliphatic hydroxyl groups is 2. The minimum atomic E-state index is -0.950. The number of thiazole rings is 1. The number of thioether (sulfide) groups is 1. The van der Waals surface area contributed by atoms with E-state index in [-0.39, 0.29) is 6.61 Å². The topological polar surface area (TPSA) is 53.4 Å². The molecule has 0 bridgehead atoms. The van der Waals surface area contributed by atoms with Crippen molar-refractivity contribution in [3.63, 3.8) is 0 Å². The van der Waals surface area contributed by atoms with Crippen molar-refractivity contribution in [2.75, 3.05) is 12.4 Å². The van der Waals surface area contributed by atoms with Crippen LogP contribution in [0.3, 0.4) is 0 Å². The summed E-state index contributed by atoms with van der Waals surface area (Å²) in [6.45, 7) is 1.48. The predicted octanol–water partition coefficient (Wildman–Crippen LogP) is 2.91. The highest BCUT2D eigenvalue weighted by atomic mass is 32.2. The first-order valence-corrected chi connectivity index (χ1v) is 7.72. The molecule has 18 heavy (non-hydrogen) atoms. The van der Waals surface area contributed by atoms with Crippen LogP contribution in [-0.2, 0) is 0 Å². The van der Waals surface area contributed by atoms with E-state index >= 15 is 0 Å². The summed E-state index contributed by atoms with van der Waals surface area (Å²) in [7, 11) is 0. The van der Waals surface area contributed by atoms with Gasteiger partial charge >= 0.3 is 0 Å². The molecule has 0 aliphatic rings. The summed E-state index contributed by atoms with van der Waals surface area (Å²) in [6.07, 6.45) is 1.48. The van der Waals surface area contributed by atoms with E-state index in [2.05, 4.69) is 11.1 Å². The van der Waals surface area contributed by atoms with Gasteiger partial charge in [-0.15, -0.1) is 11.3 Å². The van der Waals surface area contributed by atoms with E-state index in [1.807, 2.05) is 18.2 Å². The average Bonchev–Trinajstić information content (AvgIpc) is 2.77. The number of benzene rings is 1. The van der Waals surface area contributed by atoms with Crippen LogP contribution in [0.15, 0.2) is 28.6 Å². The van der Waals surface area contributed by atoms with E-state index in [0.717, 1.165) is 22.0 Å². The van der Waals surface area contributed by atoms with Gasteiger partial charge in [0.2, 0.25) is 0 Å². The van der Waals surface area contributed by atoms with Crippen LogP contribution in [0.25, 0.3) is 10.2 Å². The maximum Gasteiger partial charge on any atom is 0.151 e. The molecule has 2 rings (SSSR count). The molecule has 1 heterocycles. The van der Waals surface area contributed by atoms with Gasteiger partial charge in [0, 0.05) is 5.75 Å². The second kappa shape index (κ2) is 6.02. The lowest BCUT2D eigenvalue weighted by atomic mass is 10.0. The fraction of sp³-hybridized carbons (Fsp3) is 0.462. The molecule has 0 radical (unpaired) electrons. The van der Waals surface area contributed by atoms with Crippen molar-refractivity contribution < 1.29 is 10.2 Å². The molecule has 0 saturated carbocycles. The van der Waals surface area contributed by atoms with Crippen molar-refractivity contribution in [2.45, 2.75) is 29.7 Å². The van der Waals surface area contributed by atoms with E-state index in [0.29, 0.717) is 6.42 Å². The summed E-state index contributed by atoms with van der Waals surface area (Å²) < 4.78 is 2.28. The maximum absolute atomic E-state index is 9.66. The molecule has 1 aromatic carbocycles. The minimum absolute atomic E-state index is 0.182. The average molecular weight is 283 g/mol. The number of fused-ring (bicyclic) bond motifs is 1. The zero-order valence-electron chi connectivity index (χ0n) is 10.3. The molecular weight excluding hydrogens is 266 g/mol. The van der Waals surface area contributed by atoms with Crippen LogP contribution in [0.5, 0.6) is 0 Å². The Hall–Kier alpha value is -0.620. The Morgan fingerprint density at radius 1 is 1.39 bits per heavy atom. The van der Waals surface area contributed by atoms with Gasteiger partial charge < -0.3 is 10.2 Å². The quantitative estimate of drug-likeness (QED) is 0.632. The fourth-order valence-corrected chi connectivity index (χ4v) is 3.68. The lowest BCUT2D eigenvalue weighted by Crippen LogP contribution is -2.28. The van der Waals surface area contributed by atoms with Crippen molar-refractivity contribution in [1.82, 2.24) is 4.98 Å². The Balaban J connectivity index is 1.83. The van der Waals surface area contributed by atoms with Crippen LogP contribution in [0.4, 0.5) is 0 Å². The molecule has 0 fully saturated rings. The Kier molecular flexibility index (Phi) is 4.61. The predicted molar refractivity (Wildman–Crippen MR) is 77.3 cm³/mol. The van der Waals surface area contributed by atoms with Gasteiger partial charge in [0.25, 0.3) is 0 Å². The van der Waals surface area contributed by atoms with Gasteiger partial charge in [0.15, 0.2) is 4.34 Å². The Morgan fingerprint density at radius 3 is 2.89 bits per heavy atom. The fourth-order valence-electron chi connectivity index (χ4n) is 1.60. The van der Waals surface area contributed by atoms with Crippen molar-refractivity contribution in [2.24, 2.45) is 0 Å². The van der Waals surface area contributed by atoms with Crippen LogP contribution in [0.2, 0.25) is 0 Å². The Bertz CT molecular complexity index is 477. The summed E-state index contributed by atoms with van der Waals surface area (Å²) in [5, 5.41) is 18.6. The second-order valence-electron chi connectivity index (χ2n) is 4.55. The van der Waals surface area contributed by atoms with Crippen molar-refractivity contribution in [3.8, 4) is 0 Å². The largest absolute Gasteiger partial charge is 0.393 e. The minimum Gasteiger partial charge on any atom is -0.393 e. The highest BCUT2D eigenvalue weighted by Gasteiger charge is 2.17. The normalized spacial score (nSPS) is 14.8. The van der Waals surface area contributed by atoms with Crippen molar-refractivity contribution >= 4 is 33.3 Å². The van der Waals surface area contributed by atoms with Crippen LogP contribution in [0.1, 0.15) is 19.8 Å². The van der Waals surface area contributed by atoms with E-state index in [4.69, 9.17) is 5.11 Å². The number of nitrogens with zero attached hydrogens (tertiary/aromatic N) is 1. The van der Waals surface area contributed by atoms with E-state index in [1.54, 1.807) is 30.0 Å². The van der Waals surface area contributed by atoms with Gasteiger partial charge in [-0.25, -0.2) is 4.98 Å². The van der Waals surface area contributed by atoms with Crippen LogP contribution < -0.4 is 0 Å². The highest BCUT2D eigenvalue weighted by Crippen LogP contribution is 2.30. The number of rotatable bonds is 6. The molecule has 1 aromatic heterocycles. The number of para-hydroxylation sites is 1. The standard InChI is InChI=1S/C13H17NO2S2/c1-13(16,9-15)7-4-8-17-12-14-10-5-2-3-6-11(10)18-12/h2-3,5-6,15-16H,4,7-9H2,1H3/t13-/m1/s1. The third kappa shape index (κ3) is 3.68. The zero-order valence-corrected chi connectivity index (χ0v) is 11.9. The molecule has 2 N–H and O–H groups in total. The van der Waals surface area contributed by atoms with Gasteiger partial charge in [-0.3, -0.25) is 0 Å². The molecule has 5 heteroatoms. The van der Waals surface area contributed by atoms with Crippen LogP contribution in [-0.4, -0.2) is 33.2 Å². The van der Waals surface area contributed by atoms with Crippen LogP contribution >= 0.6 is 23.1 Å². The molecule has 0 spiro atoms. The number of hydrogen-bond donors (Lipinski definition) is 2. The van der Waals surface area contributed by atoms with E-state index in [9.17, 15) is 5.11 Å². The lowest BCUT2D eigenvalue weighted by molar-refractivity contribution is -0.00529. The van der Waals surface area contributed by atoms with E-state index < -0.39 is 5.60 Å². The van der Waals surface area contributed by atoms with Gasteiger partial charge in [-0.1, -0.05) is 23.9 Å². The monoisotopic (exact) mass is 283 g/mol. The van der Waals surface area contributed by atoms with Gasteiger partial charge in [-0.2, -0.15) is 0 Å². The lowest BCUT2D eigenvalue weighted by Gasteiger charge is -2.19. The summed E-state index contributed by atoms with van der Waals surface area (Å²) in [5.74, 6) is 0.913. The zero-order chi connectivity index (χ0) is 13.0. The number of hydrogen-bond acceptors (Lipinski definition) is 5. The highest BCUT2D eigenvalue weighted by molar-refractivity contribution is 8.01. The Morgan fingerprint density at radius 2 is 2.17 bits per heavy atom. The first kappa shape index (κ1) is 13.8. The smallest absolute Gasteiger partial charge is 0.151 e. The molecule has 0 aliphatic carbocycles. The number of aromatic nitrogens is 1. The molecule has 0 unspecified atom stereocenters. The van der Waals surface area contributed by atoms with Crippen LogP contribution in [0, 0.1) is 0 Å². The maximum atomic E-state index is 9.66. The van der Waals surface area contributed by atoms with Gasteiger partial charge in [-0.05, 0) is 31.9 Å². The molecule has 3 nitrogen and oxygen atoms in total. The second-order valence-corrected chi connectivity index (χ2v) is 6.93. The summed E-state index contributed by atoms with van der Waals surface area (Å²) in [6, 6.07) is 8.11. The molecule has 2 aromatic rings. The molecule has 98 valence electrons. The summed E-state index contributed by atoms with van der Waals surface area (Å²) in [5.41, 5.74) is 0.0982. The first-order chi connectivity index (χ1) is 8.61. The molecule has 0 amide bonds. The van der Waals surface area contributed by atoms with Gasteiger partial charge in [0.05, 0.1) is 22.4 Å². The van der Waals surface area contributed by atoms with Crippen molar-refractivity contribution in [1.29, 1.82) is 0 Å².